The molecular formula is C13H8BrF3N2O2. The van der Waals surface area contributed by atoms with E-state index in [1.54, 1.807) is 0 Å². The number of halogens is 4. The number of hydrogen-bond donors (Lipinski definition) is 2. The molecule has 0 spiro atoms. The van der Waals surface area contributed by atoms with Crippen molar-refractivity contribution in [1.29, 1.82) is 0 Å². The molecule has 21 heavy (non-hydrogen) atoms. The Hall–Kier alpha value is -2.09. The van der Waals surface area contributed by atoms with Gasteiger partial charge in [-0.05, 0) is 24.3 Å². The van der Waals surface area contributed by atoms with Gasteiger partial charge in [0.05, 0.1) is 11.1 Å². The molecule has 0 bridgehead atoms. The fraction of sp³-hybridized carbons (Fsp3) is 0.0769. The molecule has 1 aromatic carbocycles. The number of H-pyrrole nitrogens is 1. The summed E-state index contributed by atoms with van der Waals surface area (Å²) in [6.07, 6.45) is -3.33. The fourth-order valence-electron chi connectivity index (χ4n) is 1.58. The van der Waals surface area contributed by atoms with Crippen molar-refractivity contribution in [2.75, 3.05) is 5.32 Å². The van der Waals surface area contributed by atoms with E-state index in [2.05, 4.69) is 26.2 Å². The minimum absolute atomic E-state index is 0.00657. The Morgan fingerprint density at radius 3 is 2.48 bits per heavy atom. The highest BCUT2D eigenvalue weighted by molar-refractivity contribution is 9.10. The Bertz CT molecular complexity index is 720. The Labute approximate surface area is 125 Å². The largest absolute Gasteiger partial charge is 0.416 e. The average molecular weight is 361 g/mol. The molecule has 2 rings (SSSR count). The molecule has 0 saturated carbocycles. The summed E-state index contributed by atoms with van der Waals surface area (Å²) >= 11 is 2.96. The fourth-order valence-corrected chi connectivity index (χ4v) is 2.07. The van der Waals surface area contributed by atoms with Crippen molar-refractivity contribution in [1.82, 2.24) is 4.98 Å². The molecule has 0 unspecified atom stereocenters. The van der Waals surface area contributed by atoms with E-state index < -0.39 is 17.6 Å². The molecule has 0 radical (unpaired) electrons. The zero-order chi connectivity index (χ0) is 15.6. The number of amides is 1. The van der Waals surface area contributed by atoms with Crippen LogP contribution in [0.1, 0.15) is 15.9 Å². The minimum Gasteiger partial charge on any atom is -0.328 e. The van der Waals surface area contributed by atoms with E-state index in [1.165, 1.54) is 18.3 Å². The lowest BCUT2D eigenvalue weighted by molar-refractivity contribution is -0.137. The van der Waals surface area contributed by atoms with Crippen LogP contribution >= 0.6 is 15.9 Å². The van der Waals surface area contributed by atoms with Gasteiger partial charge in [0.2, 0.25) is 5.56 Å². The second kappa shape index (κ2) is 5.72. The smallest absolute Gasteiger partial charge is 0.328 e. The van der Waals surface area contributed by atoms with Crippen molar-refractivity contribution in [2.45, 2.75) is 6.18 Å². The normalized spacial score (nSPS) is 11.2. The van der Waals surface area contributed by atoms with Crippen molar-refractivity contribution in [3.05, 3.63) is 62.5 Å². The van der Waals surface area contributed by atoms with Gasteiger partial charge in [0.15, 0.2) is 0 Å². The number of rotatable bonds is 2. The van der Waals surface area contributed by atoms with E-state index >= 15 is 0 Å². The summed E-state index contributed by atoms with van der Waals surface area (Å²) in [5.74, 6) is -0.627. The number of aromatic nitrogens is 1. The number of alkyl halides is 3. The number of aromatic amines is 1. The lowest BCUT2D eigenvalue weighted by Crippen LogP contribution is -2.15. The number of pyridine rings is 1. The molecule has 4 nitrogen and oxygen atoms in total. The molecule has 0 aliphatic rings. The summed E-state index contributed by atoms with van der Waals surface area (Å²) < 4.78 is 38.2. The number of hydrogen-bond acceptors (Lipinski definition) is 2. The maximum Gasteiger partial charge on any atom is 0.416 e. The molecule has 2 aromatic rings. The maximum absolute atomic E-state index is 12.7. The van der Waals surface area contributed by atoms with E-state index in [0.717, 1.165) is 18.2 Å². The predicted molar refractivity (Wildman–Crippen MR) is 74.2 cm³/mol. The summed E-state index contributed by atoms with van der Waals surface area (Å²) in [7, 11) is 0. The van der Waals surface area contributed by atoms with Gasteiger partial charge < -0.3 is 10.3 Å². The Kier molecular flexibility index (Phi) is 4.17. The van der Waals surface area contributed by atoms with Gasteiger partial charge in [-0.15, -0.1) is 0 Å². The molecule has 1 heterocycles. The van der Waals surface area contributed by atoms with Gasteiger partial charge in [-0.3, -0.25) is 9.59 Å². The van der Waals surface area contributed by atoms with E-state index in [1.807, 2.05) is 0 Å². The lowest BCUT2D eigenvalue weighted by atomic mass is 10.2. The van der Waals surface area contributed by atoms with Crippen LogP contribution < -0.4 is 10.9 Å². The van der Waals surface area contributed by atoms with E-state index in [0.29, 0.717) is 0 Å². The van der Waals surface area contributed by atoms with E-state index in [-0.39, 0.29) is 21.3 Å². The highest BCUT2D eigenvalue weighted by Gasteiger charge is 2.31. The molecular weight excluding hydrogens is 353 g/mol. The second-order valence-electron chi connectivity index (χ2n) is 4.12. The Morgan fingerprint density at radius 1 is 1.19 bits per heavy atom. The summed E-state index contributed by atoms with van der Waals surface area (Å²) in [5, 5.41) is 2.34. The summed E-state index contributed by atoms with van der Waals surface area (Å²) in [5.41, 5.74) is -1.14. The molecule has 0 aliphatic carbocycles. The first-order valence-corrected chi connectivity index (χ1v) is 6.43. The van der Waals surface area contributed by atoms with E-state index in [9.17, 15) is 22.8 Å². The van der Waals surface area contributed by atoms with Gasteiger partial charge in [0.1, 0.15) is 0 Å². The lowest BCUT2D eigenvalue weighted by Gasteiger charge is -2.11. The quantitative estimate of drug-likeness (QED) is 0.861. The van der Waals surface area contributed by atoms with Crippen molar-refractivity contribution < 1.29 is 18.0 Å². The predicted octanol–water partition coefficient (Wildman–Crippen LogP) is 3.41. The summed E-state index contributed by atoms with van der Waals surface area (Å²) in [6.45, 7) is 0. The van der Waals surface area contributed by atoms with Crippen molar-refractivity contribution in [2.24, 2.45) is 0 Å². The molecule has 0 atom stereocenters. The number of carbonyl (C=O) groups excluding carboxylic acids is 1. The van der Waals surface area contributed by atoms with Gasteiger partial charge >= 0.3 is 6.18 Å². The van der Waals surface area contributed by atoms with Crippen LogP contribution in [0.2, 0.25) is 0 Å². The van der Waals surface area contributed by atoms with Crippen LogP contribution in [-0.2, 0) is 6.18 Å². The third-order valence-electron chi connectivity index (χ3n) is 2.53. The first-order chi connectivity index (χ1) is 9.75. The van der Waals surface area contributed by atoms with Gasteiger partial charge in [-0.2, -0.15) is 13.2 Å². The van der Waals surface area contributed by atoms with Gasteiger partial charge in [0, 0.05) is 22.4 Å². The molecule has 2 N–H and O–H groups in total. The summed E-state index contributed by atoms with van der Waals surface area (Å²) in [4.78, 5) is 25.1. The van der Waals surface area contributed by atoms with Gasteiger partial charge in [-0.25, -0.2) is 0 Å². The molecule has 110 valence electrons. The molecule has 8 heteroatoms. The van der Waals surface area contributed by atoms with Crippen LogP contribution in [-0.4, -0.2) is 10.9 Å². The van der Waals surface area contributed by atoms with E-state index in [4.69, 9.17) is 0 Å². The molecule has 0 fully saturated rings. The molecule has 0 aliphatic heterocycles. The van der Waals surface area contributed by atoms with Crippen LogP contribution in [0.25, 0.3) is 0 Å². The minimum atomic E-state index is -4.51. The zero-order valence-corrected chi connectivity index (χ0v) is 11.9. The monoisotopic (exact) mass is 360 g/mol. The van der Waals surface area contributed by atoms with Gasteiger partial charge in [0.25, 0.3) is 5.91 Å². The van der Waals surface area contributed by atoms with Crippen LogP contribution in [0, 0.1) is 0 Å². The first kappa shape index (κ1) is 15.3. The molecule has 1 amide bonds. The average Bonchev–Trinajstić information content (AvgIpc) is 2.37. The summed E-state index contributed by atoms with van der Waals surface area (Å²) in [6, 6.07) is 5.51. The number of carbonyl (C=O) groups is 1. The zero-order valence-electron chi connectivity index (χ0n) is 10.3. The maximum atomic E-state index is 12.7. The van der Waals surface area contributed by atoms with Crippen molar-refractivity contribution >= 4 is 27.5 Å². The number of anilines is 1. The highest BCUT2D eigenvalue weighted by Crippen LogP contribution is 2.33. The highest BCUT2D eigenvalue weighted by atomic mass is 79.9. The standard InChI is InChI=1S/C13H8BrF3N2O2/c14-9-3-8(13(15,16)17)4-10(5-9)19-12(21)7-1-2-11(20)18-6-7/h1-6H,(H,18,20)(H,19,21). The van der Waals surface area contributed by atoms with Gasteiger partial charge in [-0.1, -0.05) is 15.9 Å². The first-order valence-electron chi connectivity index (χ1n) is 5.63. The van der Waals surface area contributed by atoms with Crippen LogP contribution in [0.15, 0.2) is 45.8 Å². The third-order valence-corrected chi connectivity index (χ3v) is 2.99. The van der Waals surface area contributed by atoms with Crippen LogP contribution in [0.3, 0.4) is 0 Å². The topological polar surface area (TPSA) is 62.0 Å². The Morgan fingerprint density at radius 2 is 1.90 bits per heavy atom. The van der Waals surface area contributed by atoms with Crippen LogP contribution in [0.5, 0.6) is 0 Å². The number of benzene rings is 1. The second-order valence-corrected chi connectivity index (χ2v) is 5.04. The Balaban J connectivity index is 2.27. The van der Waals surface area contributed by atoms with Crippen molar-refractivity contribution in [3.63, 3.8) is 0 Å². The molecule has 0 saturated heterocycles. The number of nitrogens with one attached hydrogen (secondary N) is 2. The van der Waals surface area contributed by atoms with Crippen molar-refractivity contribution in [3.8, 4) is 0 Å². The third kappa shape index (κ3) is 3.94. The SMILES string of the molecule is O=C(Nc1cc(Br)cc(C(F)(F)F)c1)c1ccc(=O)[nH]c1. The molecule has 1 aromatic heterocycles. The van der Waals surface area contributed by atoms with Crippen LogP contribution in [0.4, 0.5) is 18.9 Å².